The molecule has 116 valence electrons. The topological polar surface area (TPSA) is 78.4 Å². The minimum Gasteiger partial charge on any atom is -0.480 e. The highest BCUT2D eigenvalue weighted by Crippen LogP contribution is 2.07. The molecule has 6 heteroatoms. The molecule has 0 saturated carbocycles. The van der Waals surface area contributed by atoms with E-state index in [4.69, 9.17) is 5.11 Å². The fraction of sp³-hybridized carbons (Fsp3) is 0.467. The molecular weight excluding hydrogens is 275 g/mol. The molecule has 0 radical (unpaired) electrons. The molecule has 1 aromatic rings. The van der Waals surface area contributed by atoms with E-state index in [9.17, 15) is 14.0 Å². The predicted molar refractivity (Wildman–Crippen MR) is 77.5 cm³/mol. The fourth-order valence-corrected chi connectivity index (χ4v) is 1.85. The Bertz CT molecular complexity index is 476. The van der Waals surface area contributed by atoms with Crippen LogP contribution in [0, 0.1) is 11.7 Å². The zero-order valence-electron chi connectivity index (χ0n) is 12.2. The summed E-state index contributed by atoms with van der Waals surface area (Å²) in [6.45, 7) is 4.00. The third-order valence-electron chi connectivity index (χ3n) is 3.38. The molecule has 1 rings (SSSR count). The molecule has 0 heterocycles. The zero-order chi connectivity index (χ0) is 15.8. The van der Waals surface area contributed by atoms with E-state index in [1.807, 2.05) is 6.92 Å². The van der Waals surface area contributed by atoms with Gasteiger partial charge in [-0.25, -0.2) is 14.0 Å². The SMILES string of the molecule is CC[C@@H](C)[C@H](NC(=O)NCCc1ccc(F)cc1)C(=O)O. The first-order chi connectivity index (χ1) is 9.93. The Kier molecular flexibility index (Phi) is 6.65. The smallest absolute Gasteiger partial charge is 0.326 e. The van der Waals surface area contributed by atoms with Crippen LogP contribution in [0.3, 0.4) is 0 Å². The Hall–Kier alpha value is -2.11. The number of halogens is 1. The molecule has 5 nitrogen and oxygen atoms in total. The average molecular weight is 296 g/mol. The number of carbonyl (C=O) groups is 2. The van der Waals surface area contributed by atoms with Gasteiger partial charge in [-0.3, -0.25) is 0 Å². The Labute approximate surface area is 123 Å². The number of carbonyl (C=O) groups excluding carboxylic acids is 1. The van der Waals surface area contributed by atoms with Gasteiger partial charge >= 0.3 is 12.0 Å². The highest BCUT2D eigenvalue weighted by atomic mass is 19.1. The van der Waals surface area contributed by atoms with Crippen LogP contribution in [0.15, 0.2) is 24.3 Å². The lowest BCUT2D eigenvalue weighted by atomic mass is 9.99. The third kappa shape index (κ3) is 5.81. The zero-order valence-corrected chi connectivity index (χ0v) is 12.2. The van der Waals surface area contributed by atoms with Crippen molar-refractivity contribution in [1.82, 2.24) is 10.6 Å². The van der Waals surface area contributed by atoms with Gasteiger partial charge in [0.1, 0.15) is 11.9 Å². The summed E-state index contributed by atoms with van der Waals surface area (Å²) in [6, 6.07) is 4.60. The summed E-state index contributed by atoms with van der Waals surface area (Å²) in [6.07, 6.45) is 1.21. The van der Waals surface area contributed by atoms with Crippen LogP contribution >= 0.6 is 0 Å². The highest BCUT2D eigenvalue weighted by Gasteiger charge is 2.24. The second kappa shape index (κ2) is 8.24. The molecule has 0 bridgehead atoms. The van der Waals surface area contributed by atoms with Crippen LogP contribution in [0.25, 0.3) is 0 Å². The second-order valence-corrected chi connectivity index (χ2v) is 4.98. The van der Waals surface area contributed by atoms with E-state index in [-0.39, 0.29) is 11.7 Å². The number of amides is 2. The number of benzene rings is 1. The van der Waals surface area contributed by atoms with Crippen LogP contribution < -0.4 is 10.6 Å². The molecule has 0 aliphatic rings. The molecule has 0 aliphatic heterocycles. The summed E-state index contributed by atoms with van der Waals surface area (Å²) >= 11 is 0. The van der Waals surface area contributed by atoms with Crippen LogP contribution in [0.5, 0.6) is 0 Å². The molecule has 1 aromatic carbocycles. The third-order valence-corrected chi connectivity index (χ3v) is 3.38. The minimum atomic E-state index is -1.04. The molecule has 0 saturated heterocycles. The molecule has 0 spiro atoms. The highest BCUT2D eigenvalue weighted by molar-refractivity contribution is 5.82. The molecule has 0 aromatic heterocycles. The van der Waals surface area contributed by atoms with Crippen LogP contribution in [0.1, 0.15) is 25.8 Å². The van der Waals surface area contributed by atoms with E-state index in [2.05, 4.69) is 10.6 Å². The Morgan fingerprint density at radius 1 is 1.29 bits per heavy atom. The number of carboxylic acid groups (broad SMARTS) is 1. The Morgan fingerprint density at radius 3 is 2.43 bits per heavy atom. The van der Waals surface area contributed by atoms with E-state index in [0.29, 0.717) is 19.4 Å². The Balaban J connectivity index is 2.39. The van der Waals surface area contributed by atoms with Crippen molar-refractivity contribution in [2.24, 2.45) is 5.92 Å². The van der Waals surface area contributed by atoms with E-state index in [0.717, 1.165) is 5.56 Å². The number of hydrogen-bond acceptors (Lipinski definition) is 2. The normalized spacial score (nSPS) is 13.3. The summed E-state index contributed by atoms with van der Waals surface area (Å²) < 4.78 is 12.7. The van der Waals surface area contributed by atoms with Gasteiger partial charge in [0, 0.05) is 6.54 Å². The van der Waals surface area contributed by atoms with Crippen LogP contribution in [-0.4, -0.2) is 29.7 Å². The van der Waals surface area contributed by atoms with Crippen molar-refractivity contribution in [3.05, 3.63) is 35.6 Å². The number of hydrogen-bond donors (Lipinski definition) is 3. The number of carboxylic acids is 1. The van der Waals surface area contributed by atoms with Crippen molar-refractivity contribution in [3.8, 4) is 0 Å². The lowest BCUT2D eigenvalue weighted by Crippen LogP contribution is -2.49. The predicted octanol–water partition coefficient (Wildman–Crippen LogP) is 2.17. The summed E-state index contributed by atoms with van der Waals surface area (Å²) in [5.74, 6) is -1.49. The fourth-order valence-electron chi connectivity index (χ4n) is 1.85. The monoisotopic (exact) mass is 296 g/mol. The van der Waals surface area contributed by atoms with Crippen LogP contribution in [0.4, 0.5) is 9.18 Å². The molecular formula is C15H21FN2O3. The molecule has 0 aliphatic carbocycles. The molecule has 2 atom stereocenters. The molecule has 0 unspecified atom stereocenters. The largest absolute Gasteiger partial charge is 0.480 e. The first kappa shape index (κ1) is 16.9. The Morgan fingerprint density at radius 2 is 1.90 bits per heavy atom. The van der Waals surface area contributed by atoms with Gasteiger partial charge in [-0.05, 0) is 30.0 Å². The van der Waals surface area contributed by atoms with Crippen molar-refractivity contribution < 1.29 is 19.1 Å². The van der Waals surface area contributed by atoms with Gasteiger partial charge in [-0.1, -0.05) is 32.4 Å². The second-order valence-electron chi connectivity index (χ2n) is 4.98. The first-order valence-electron chi connectivity index (χ1n) is 6.95. The average Bonchev–Trinajstić information content (AvgIpc) is 2.45. The number of urea groups is 1. The lowest BCUT2D eigenvalue weighted by Gasteiger charge is -2.20. The summed E-state index contributed by atoms with van der Waals surface area (Å²) in [4.78, 5) is 22.8. The molecule has 2 amide bonds. The van der Waals surface area contributed by atoms with E-state index in [1.54, 1.807) is 19.1 Å². The van der Waals surface area contributed by atoms with Crippen molar-refractivity contribution >= 4 is 12.0 Å². The van der Waals surface area contributed by atoms with Crippen molar-refractivity contribution in [1.29, 1.82) is 0 Å². The number of rotatable bonds is 7. The van der Waals surface area contributed by atoms with Gasteiger partial charge in [0.05, 0.1) is 0 Å². The molecule has 3 N–H and O–H groups in total. The number of nitrogens with one attached hydrogen (secondary N) is 2. The molecule has 21 heavy (non-hydrogen) atoms. The van der Waals surface area contributed by atoms with Gasteiger partial charge in [-0.15, -0.1) is 0 Å². The summed E-state index contributed by atoms with van der Waals surface area (Å²) in [7, 11) is 0. The minimum absolute atomic E-state index is 0.148. The van der Waals surface area contributed by atoms with Crippen LogP contribution in [0.2, 0.25) is 0 Å². The van der Waals surface area contributed by atoms with Crippen molar-refractivity contribution in [3.63, 3.8) is 0 Å². The standard InChI is InChI=1S/C15H21FN2O3/c1-3-10(2)13(14(19)20)18-15(21)17-9-8-11-4-6-12(16)7-5-11/h4-7,10,13H,3,8-9H2,1-2H3,(H,19,20)(H2,17,18,21)/t10-,13+/m1/s1. The summed E-state index contributed by atoms with van der Waals surface area (Å²) in [5, 5.41) is 14.1. The van der Waals surface area contributed by atoms with E-state index >= 15 is 0 Å². The van der Waals surface area contributed by atoms with Gasteiger partial charge in [0.15, 0.2) is 0 Å². The summed E-state index contributed by atoms with van der Waals surface area (Å²) in [5.41, 5.74) is 0.897. The van der Waals surface area contributed by atoms with E-state index < -0.39 is 18.0 Å². The number of aliphatic carboxylic acids is 1. The van der Waals surface area contributed by atoms with Gasteiger partial charge in [0.25, 0.3) is 0 Å². The maximum absolute atomic E-state index is 12.7. The van der Waals surface area contributed by atoms with Gasteiger partial charge in [-0.2, -0.15) is 0 Å². The lowest BCUT2D eigenvalue weighted by molar-refractivity contribution is -0.140. The van der Waals surface area contributed by atoms with Crippen LogP contribution in [-0.2, 0) is 11.2 Å². The first-order valence-corrected chi connectivity index (χ1v) is 6.95. The molecule has 0 fully saturated rings. The quantitative estimate of drug-likeness (QED) is 0.721. The van der Waals surface area contributed by atoms with E-state index in [1.165, 1.54) is 12.1 Å². The van der Waals surface area contributed by atoms with Crippen molar-refractivity contribution in [2.75, 3.05) is 6.54 Å². The van der Waals surface area contributed by atoms with Gasteiger partial charge in [0.2, 0.25) is 0 Å². The van der Waals surface area contributed by atoms with Gasteiger partial charge < -0.3 is 15.7 Å². The maximum atomic E-state index is 12.7. The van der Waals surface area contributed by atoms with Crippen molar-refractivity contribution in [2.45, 2.75) is 32.7 Å². The maximum Gasteiger partial charge on any atom is 0.326 e.